The number of unbranched alkanes of at least 4 members (excludes halogenated alkanes) is 1. The molecule has 19 heavy (non-hydrogen) atoms. The van der Waals surface area contributed by atoms with Crippen LogP contribution in [-0.2, 0) is 4.79 Å². The summed E-state index contributed by atoms with van der Waals surface area (Å²) in [5.74, 6) is 1.11. The van der Waals surface area contributed by atoms with Crippen molar-refractivity contribution in [2.45, 2.75) is 52.9 Å². The number of carbonyl (C=O) groups excluding carboxylic acids is 1. The van der Waals surface area contributed by atoms with E-state index in [-0.39, 0.29) is 11.7 Å². The molecule has 1 aliphatic carbocycles. The standard InChI is InChI=1S/C14H27N3O2/c1-10(2)6-4-5-7-16-13(18)14(12(15)17-19)8-11(3)9-14/h10-11,19H,4-9H2,1-3H3,(H2,15,17)(H,16,18). The highest BCUT2D eigenvalue weighted by Gasteiger charge is 2.51. The van der Waals surface area contributed by atoms with Crippen LogP contribution in [0.5, 0.6) is 0 Å². The van der Waals surface area contributed by atoms with Gasteiger partial charge in [0.15, 0.2) is 5.84 Å². The summed E-state index contributed by atoms with van der Waals surface area (Å²) in [6, 6.07) is 0. The van der Waals surface area contributed by atoms with E-state index in [2.05, 4.69) is 31.2 Å². The van der Waals surface area contributed by atoms with Gasteiger partial charge in [0.05, 0.1) is 0 Å². The van der Waals surface area contributed by atoms with E-state index in [1.165, 1.54) is 6.42 Å². The zero-order chi connectivity index (χ0) is 14.5. The third-order valence-corrected chi connectivity index (χ3v) is 3.92. The molecule has 1 amide bonds. The van der Waals surface area contributed by atoms with Crippen LogP contribution in [0.2, 0.25) is 0 Å². The number of hydrogen-bond acceptors (Lipinski definition) is 3. The molecule has 0 saturated heterocycles. The highest BCUT2D eigenvalue weighted by atomic mass is 16.4. The normalized spacial score (nSPS) is 27.2. The molecule has 0 aromatic carbocycles. The predicted molar refractivity (Wildman–Crippen MR) is 75.9 cm³/mol. The molecule has 5 heteroatoms. The Labute approximate surface area is 115 Å². The highest BCUT2D eigenvalue weighted by Crippen LogP contribution is 2.45. The van der Waals surface area contributed by atoms with E-state index in [0.717, 1.165) is 12.8 Å². The molecule has 5 nitrogen and oxygen atoms in total. The number of amides is 1. The zero-order valence-electron chi connectivity index (χ0n) is 12.3. The zero-order valence-corrected chi connectivity index (χ0v) is 12.3. The number of nitrogens with one attached hydrogen (secondary N) is 1. The van der Waals surface area contributed by atoms with Crippen molar-refractivity contribution in [3.05, 3.63) is 0 Å². The summed E-state index contributed by atoms with van der Waals surface area (Å²) in [6.07, 6.45) is 4.61. The molecule has 1 rings (SSSR count). The first-order chi connectivity index (χ1) is 8.92. The Morgan fingerprint density at radius 3 is 2.58 bits per heavy atom. The van der Waals surface area contributed by atoms with E-state index >= 15 is 0 Å². The number of hydrogen-bond donors (Lipinski definition) is 3. The second-order valence-electron chi connectivity index (χ2n) is 6.23. The van der Waals surface area contributed by atoms with Crippen LogP contribution in [0.15, 0.2) is 5.16 Å². The van der Waals surface area contributed by atoms with Crippen molar-refractivity contribution in [1.82, 2.24) is 5.32 Å². The molecule has 0 heterocycles. The second kappa shape index (κ2) is 6.78. The van der Waals surface area contributed by atoms with Gasteiger partial charge in [0.2, 0.25) is 5.91 Å². The van der Waals surface area contributed by atoms with Crippen LogP contribution < -0.4 is 11.1 Å². The van der Waals surface area contributed by atoms with Gasteiger partial charge >= 0.3 is 0 Å². The van der Waals surface area contributed by atoms with Crippen molar-refractivity contribution in [3.8, 4) is 0 Å². The van der Waals surface area contributed by atoms with Crippen molar-refractivity contribution < 1.29 is 10.0 Å². The topological polar surface area (TPSA) is 87.7 Å². The van der Waals surface area contributed by atoms with E-state index in [1.807, 2.05) is 0 Å². The largest absolute Gasteiger partial charge is 0.409 e. The van der Waals surface area contributed by atoms with Gasteiger partial charge in [-0.3, -0.25) is 4.79 Å². The summed E-state index contributed by atoms with van der Waals surface area (Å²) >= 11 is 0. The third-order valence-electron chi connectivity index (χ3n) is 3.92. The van der Waals surface area contributed by atoms with Crippen molar-refractivity contribution in [2.24, 2.45) is 28.1 Å². The van der Waals surface area contributed by atoms with E-state index < -0.39 is 5.41 Å². The Kier molecular flexibility index (Phi) is 5.63. The van der Waals surface area contributed by atoms with E-state index in [4.69, 9.17) is 10.9 Å². The molecule has 0 aliphatic heterocycles. The van der Waals surface area contributed by atoms with Gasteiger partial charge < -0.3 is 16.3 Å². The lowest BCUT2D eigenvalue weighted by Crippen LogP contribution is -2.56. The molecule has 0 unspecified atom stereocenters. The number of nitrogens with two attached hydrogens (primary N) is 1. The Balaban J connectivity index is 2.38. The monoisotopic (exact) mass is 269 g/mol. The Morgan fingerprint density at radius 2 is 2.11 bits per heavy atom. The molecule has 0 aromatic heterocycles. The number of oxime groups is 1. The molecular weight excluding hydrogens is 242 g/mol. The fourth-order valence-electron chi connectivity index (χ4n) is 2.79. The van der Waals surface area contributed by atoms with Crippen LogP contribution in [0.4, 0.5) is 0 Å². The van der Waals surface area contributed by atoms with Gasteiger partial charge in [-0.25, -0.2) is 0 Å². The molecule has 110 valence electrons. The summed E-state index contributed by atoms with van der Waals surface area (Å²) in [5.41, 5.74) is 4.91. The Hall–Kier alpha value is -1.26. The molecule has 4 N–H and O–H groups in total. The van der Waals surface area contributed by atoms with Gasteiger partial charge in [-0.05, 0) is 31.1 Å². The van der Waals surface area contributed by atoms with Crippen LogP contribution in [0, 0.1) is 17.3 Å². The summed E-state index contributed by atoms with van der Waals surface area (Å²) in [7, 11) is 0. The summed E-state index contributed by atoms with van der Waals surface area (Å²) in [5, 5.41) is 14.8. The van der Waals surface area contributed by atoms with Gasteiger partial charge in [-0.1, -0.05) is 38.8 Å². The van der Waals surface area contributed by atoms with E-state index in [9.17, 15) is 4.79 Å². The molecule has 0 bridgehead atoms. The SMILES string of the molecule is CC(C)CCCCNC(=O)C1(C(N)=NO)CC(C)C1. The van der Waals surface area contributed by atoms with Gasteiger partial charge in [0, 0.05) is 6.54 Å². The molecular formula is C14H27N3O2. The minimum absolute atomic E-state index is 0.0466. The molecule has 0 atom stereocenters. The quantitative estimate of drug-likeness (QED) is 0.217. The number of nitrogens with zero attached hydrogens (tertiary/aromatic N) is 1. The first-order valence-corrected chi connectivity index (χ1v) is 7.18. The average molecular weight is 269 g/mol. The van der Waals surface area contributed by atoms with Crippen molar-refractivity contribution in [3.63, 3.8) is 0 Å². The fourth-order valence-corrected chi connectivity index (χ4v) is 2.79. The first-order valence-electron chi connectivity index (χ1n) is 7.18. The second-order valence-corrected chi connectivity index (χ2v) is 6.23. The summed E-state index contributed by atoms with van der Waals surface area (Å²) in [4.78, 5) is 12.2. The fraction of sp³-hybridized carbons (Fsp3) is 0.857. The Bertz CT molecular complexity index is 334. The number of rotatable bonds is 7. The van der Waals surface area contributed by atoms with Crippen molar-refractivity contribution in [1.29, 1.82) is 0 Å². The lowest BCUT2D eigenvalue weighted by atomic mass is 9.61. The van der Waals surface area contributed by atoms with Gasteiger partial charge in [-0.2, -0.15) is 0 Å². The molecule has 1 aliphatic rings. The molecule has 0 radical (unpaired) electrons. The smallest absolute Gasteiger partial charge is 0.233 e. The molecule has 0 spiro atoms. The maximum atomic E-state index is 12.2. The number of amidine groups is 1. The summed E-state index contributed by atoms with van der Waals surface area (Å²) in [6.45, 7) is 7.13. The molecule has 0 aromatic rings. The minimum atomic E-state index is -0.772. The third kappa shape index (κ3) is 3.85. The summed E-state index contributed by atoms with van der Waals surface area (Å²) < 4.78 is 0. The van der Waals surface area contributed by atoms with Crippen molar-refractivity contribution in [2.75, 3.05) is 6.54 Å². The lowest BCUT2D eigenvalue weighted by molar-refractivity contribution is -0.133. The Morgan fingerprint density at radius 1 is 1.47 bits per heavy atom. The molecule has 1 fully saturated rings. The number of carbonyl (C=O) groups is 1. The maximum Gasteiger partial charge on any atom is 0.233 e. The minimum Gasteiger partial charge on any atom is -0.409 e. The molecule has 1 saturated carbocycles. The van der Waals surface area contributed by atoms with Gasteiger partial charge in [0.25, 0.3) is 0 Å². The van der Waals surface area contributed by atoms with Gasteiger partial charge in [0.1, 0.15) is 5.41 Å². The highest BCUT2D eigenvalue weighted by molar-refractivity contribution is 6.07. The predicted octanol–water partition coefficient (Wildman–Crippen LogP) is 2.09. The lowest BCUT2D eigenvalue weighted by Gasteiger charge is -2.43. The van der Waals surface area contributed by atoms with Crippen LogP contribution in [0.25, 0.3) is 0 Å². The first kappa shape index (κ1) is 15.8. The van der Waals surface area contributed by atoms with Crippen LogP contribution in [-0.4, -0.2) is 23.5 Å². The van der Waals surface area contributed by atoms with Crippen LogP contribution in [0.3, 0.4) is 0 Å². The van der Waals surface area contributed by atoms with Crippen LogP contribution >= 0.6 is 0 Å². The maximum absolute atomic E-state index is 12.2. The van der Waals surface area contributed by atoms with Crippen molar-refractivity contribution >= 4 is 11.7 Å². The van der Waals surface area contributed by atoms with Gasteiger partial charge in [-0.15, -0.1) is 0 Å². The van der Waals surface area contributed by atoms with E-state index in [0.29, 0.717) is 31.2 Å². The van der Waals surface area contributed by atoms with E-state index in [1.54, 1.807) is 0 Å². The van der Waals surface area contributed by atoms with Crippen LogP contribution in [0.1, 0.15) is 52.9 Å². The average Bonchev–Trinajstić information content (AvgIpc) is 2.32.